The normalized spacial score (nSPS) is 17.1. The number of carbonyl (C=O) groups is 1. The number of amides is 1. The molecule has 0 saturated carbocycles. The molecule has 19 heavy (non-hydrogen) atoms. The predicted molar refractivity (Wildman–Crippen MR) is 79.8 cm³/mol. The number of hydrogen-bond acceptors (Lipinski definition) is 5. The molecular weight excluding hydrogens is 278 g/mol. The molecule has 6 heteroatoms. The molecule has 1 saturated heterocycles. The summed E-state index contributed by atoms with van der Waals surface area (Å²) in [5, 5.41) is 10.1. The zero-order valence-electron chi connectivity index (χ0n) is 10.2. The molecule has 0 radical (unpaired) electrons. The van der Waals surface area contributed by atoms with Gasteiger partial charge in [0.25, 0.3) is 5.91 Å². The number of nitrogens with zero attached hydrogens (tertiary/aromatic N) is 2. The van der Waals surface area contributed by atoms with Gasteiger partial charge in [0.2, 0.25) is 0 Å². The fraction of sp³-hybridized carbons (Fsp3) is 0.154. The van der Waals surface area contributed by atoms with Crippen molar-refractivity contribution in [1.29, 1.82) is 5.26 Å². The summed E-state index contributed by atoms with van der Waals surface area (Å²) >= 11 is 6.41. The summed E-state index contributed by atoms with van der Waals surface area (Å²) < 4.78 is 0.506. The van der Waals surface area contributed by atoms with Crippen molar-refractivity contribution in [3.8, 4) is 6.07 Å². The van der Waals surface area contributed by atoms with Crippen molar-refractivity contribution in [2.75, 3.05) is 6.54 Å². The summed E-state index contributed by atoms with van der Waals surface area (Å²) in [4.78, 5) is 12.6. The summed E-state index contributed by atoms with van der Waals surface area (Å²) in [6.07, 6.45) is 1.78. The molecule has 1 aromatic carbocycles. The number of nitrogens with one attached hydrogen (secondary N) is 1. The molecule has 0 bridgehead atoms. The van der Waals surface area contributed by atoms with Gasteiger partial charge in [-0.25, -0.2) is 10.4 Å². The van der Waals surface area contributed by atoms with Crippen LogP contribution < -0.4 is 5.43 Å². The first-order chi connectivity index (χ1) is 9.15. The molecule has 1 aliphatic heterocycles. The minimum absolute atomic E-state index is 0.138. The number of benzene rings is 1. The number of hydrogen-bond donors (Lipinski definition) is 1. The molecule has 1 amide bonds. The second-order valence-corrected chi connectivity index (χ2v) is 5.44. The van der Waals surface area contributed by atoms with Crippen LogP contribution >= 0.6 is 24.0 Å². The summed E-state index contributed by atoms with van der Waals surface area (Å²) in [6, 6.07) is 9.10. The van der Waals surface area contributed by atoms with E-state index in [4.69, 9.17) is 17.5 Å². The molecule has 1 aliphatic rings. The number of hydrazine groups is 1. The van der Waals surface area contributed by atoms with E-state index < -0.39 is 0 Å². The summed E-state index contributed by atoms with van der Waals surface area (Å²) in [5.41, 5.74) is 4.38. The van der Waals surface area contributed by atoms with Gasteiger partial charge in [0.15, 0.2) is 4.32 Å². The van der Waals surface area contributed by atoms with Crippen molar-refractivity contribution in [2.24, 2.45) is 0 Å². The van der Waals surface area contributed by atoms with Crippen LogP contribution in [0.2, 0.25) is 0 Å². The van der Waals surface area contributed by atoms with Crippen molar-refractivity contribution in [3.63, 3.8) is 0 Å². The zero-order valence-corrected chi connectivity index (χ0v) is 11.8. The smallest absolute Gasteiger partial charge is 0.267 e. The molecule has 1 fully saturated rings. The lowest BCUT2D eigenvalue weighted by Gasteiger charge is -2.13. The minimum atomic E-state index is -0.138. The Balaban J connectivity index is 2.22. The van der Waals surface area contributed by atoms with E-state index in [-0.39, 0.29) is 5.91 Å². The Bertz CT molecular complexity index is 587. The Morgan fingerprint density at radius 1 is 1.47 bits per heavy atom. The minimum Gasteiger partial charge on any atom is -0.267 e. The van der Waals surface area contributed by atoms with E-state index in [0.29, 0.717) is 21.3 Å². The third-order valence-corrected chi connectivity index (χ3v) is 3.75. The van der Waals surface area contributed by atoms with Crippen LogP contribution in [-0.4, -0.2) is 21.8 Å². The van der Waals surface area contributed by atoms with Crippen molar-refractivity contribution < 1.29 is 4.79 Å². The topological polar surface area (TPSA) is 56.1 Å². The average molecular weight is 289 g/mol. The van der Waals surface area contributed by atoms with Crippen LogP contribution in [0, 0.1) is 11.3 Å². The molecule has 4 nitrogen and oxygen atoms in total. The SMILES string of the molecule is CCNN1C(=O)/C(=C\c2ccc(C#N)cc2)SC1=S. The summed E-state index contributed by atoms with van der Waals surface area (Å²) in [7, 11) is 0. The van der Waals surface area contributed by atoms with Crippen molar-refractivity contribution in [1.82, 2.24) is 10.4 Å². The second kappa shape index (κ2) is 5.97. The molecular formula is C13H11N3OS2. The highest BCUT2D eigenvalue weighted by Crippen LogP contribution is 2.31. The van der Waals surface area contributed by atoms with Crippen LogP contribution in [0.3, 0.4) is 0 Å². The van der Waals surface area contributed by atoms with Crippen molar-refractivity contribution in [2.45, 2.75) is 6.92 Å². The lowest BCUT2D eigenvalue weighted by atomic mass is 10.1. The molecule has 96 valence electrons. The van der Waals surface area contributed by atoms with Gasteiger partial charge in [0, 0.05) is 6.54 Å². The standard InChI is InChI=1S/C13H11N3OS2/c1-2-15-16-12(17)11(19-13(16)18)7-9-3-5-10(8-14)6-4-9/h3-7,15H,2H2,1H3/b11-7+. The molecule has 1 aromatic rings. The monoisotopic (exact) mass is 289 g/mol. The quantitative estimate of drug-likeness (QED) is 0.683. The van der Waals surface area contributed by atoms with E-state index >= 15 is 0 Å². The summed E-state index contributed by atoms with van der Waals surface area (Å²) in [6.45, 7) is 2.54. The Morgan fingerprint density at radius 2 is 2.16 bits per heavy atom. The highest BCUT2D eigenvalue weighted by Gasteiger charge is 2.31. The van der Waals surface area contributed by atoms with Gasteiger partial charge in [-0.05, 0) is 23.8 Å². The Hall–Kier alpha value is -1.68. The van der Waals surface area contributed by atoms with Crippen molar-refractivity contribution >= 4 is 40.3 Å². The third kappa shape index (κ3) is 3.01. The molecule has 1 N–H and O–H groups in total. The molecule has 1 heterocycles. The first kappa shape index (κ1) is 13.7. The van der Waals surface area contributed by atoms with E-state index in [0.717, 1.165) is 5.56 Å². The van der Waals surface area contributed by atoms with E-state index in [1.54, 1.807) is 30.3 Å². The fourth-order valence-electron chi connectivity index (χ4n) is 1.57. The third-order valence-electron chi connectivity index (χ3n) is 2.45. The number of thioether (sulfide) groups is 1. The van der Waals surface area contributed by atoms with Gasteiger partial charge < -0.3 is 0 Å². The van der Waals surface area contributed by atoms with Crippen LogP contribution in [-0.2, 0) is 4.79 Å². The van der Waals surface area contributed by atoms with Gasteiger partial charge >= 0.3 is 0 Å². The van der Waals surface area contributed by atoms with E-state index in [9.17, 15) is 4.79 Å². The first-order valence-electron chi connectivity index (χ1n) is 5.67. The maximum Gasteiger partial charge on any atom is 0.280 e. The van der Waals surface area contributed by atoms with Gasteiger partial charge in [0.1, 0.15) is 0 Å². The van der Waals surface area contributed by atoms with Gasteiger partial charge in [-0.2, -0.15) is 5.26 Å². The van der Waals surface area contributed by atoms with Gasteiger partial charge in [-0.1, -0.05) is 43.0 Å². The van der Waals surface area contributed by atoms with Crippen LogP contribution in [0.4, 0.5) is 0 Å². The van der Waals surface area contributed by atoms with Crippen LogP contribution in [0.1, 0.15) is 18.1 Å². The number of carbonyl (C=O) groups excluding carboxylic acids is 1. The molecule has 2 rings (SSSR count). The highest BCUT2D eigenvalue weighted by atomic mass is 32.2. The molecule has 0 aromatic heterocycles. The fourth-order valence-corrected chi connectivity index (χ4v) is 2.78. The number of nitriles is 1. The lowest BCUT2D eigenvalue weighted by molar-refractivity contribution is -0.124. The number of rotatable bonds is 3. The Labute approximate surface area is 121 Å². The Morgan fingerprint density at radius 3 is 2.74 bits per heavy atom. The molecule has 0 atom stereocenters. The average Bonchev–Trinajstić information content (AvgIpc) is 2.68. The van der Waals surface area contributed by atoms with Gasteiger partial charge in [-0.3, -0.25) is 4.79 Å². The number of thiocarbonyl (C=S) groups is 1. The second-order valence-electron chi connectivity index (χ2n) is 3.76. The first-order valence-corrected chi connectivity index (χ1v) is 6.90. The Kier molecular flexibility index (Phi) is 4.32. The highest BCUT2D eigenvalue weighted by molar-refractivity contribution is 8.26. The van der Waals surface area contributed by atoms with E-state index in [1.165, 1.54) is 16.8 Å². The van der Waals surface area contributed by atoms with Crippen LogP contribution in [0.15, 0.2) is 29.2 Å². The van der Waals surface area contributed by atoms with Crippen LogP contribution in [0.5, 0.6) is 0 Å². The van der Waals surface area contributed by atoms with E-state index in [2.05, 4.69) is 11.5 Å². The molecule has 0 unspecified atom stereocenters. The van der Waals surface area contributed by atoms with Crippen LogP contribution in [0.25, 0.3) is 6.08 Å². The predicted octanol–water partition coefficient (Wildman–Crippen LogP) is 2.28. The van der Waals surface area contributed by atoms with Gasteiger partial charge in [0.05, 0.1) is 16.5 Å². The largest absolute Gasteiger partial charge is 0.280 e. The van der Waals surface area contributed by atoms with E-state index in [1.807, 2.05) is 6.92 Å². The van der Waals surface area contributed by atoms with Crippen molar-refractivity contribution in [3.05, 3.63) is 40.3 Å². The maximum absolute atomic E-state index is 12.1. The van der Waals surface area contributed by atoms with Gasteiger partial charge in [-0.15, -0.1) is 0 Å². The molecule has 0 spiro atoms. The molecule has 0 aliphatic carbocycles. The maximum atomic E-state index is 12.1. The zero-order chi connectivity index (χ0) is 13.8. The summed E-state index contributed by atoms with van der Waals surface area (Å²) in [5.74, 6) is -0.138. The lowest BCUT2D eigenvalue weighted by Crippen LogP contribution is -2.40.